The number of benzene rings is 1. The number of fused-ring (bicyclic) bond motifs is 1. The van der Waals surface area contributed by atoms with Gasteiger partial charge in [0, 0.05) is 24.5 Å². The third kappa shape index (κ3) is 3.39. The Morgan fingerprint density at radius 2 is 2.32 bits per heavy atom. The van der Waals surface area contributed by atoms with Crippen LogP contribution < -0.4 is 15.8 Å². The van der Waals surface area contributed by atoms with Gasteiger partial charge >= 0.3 is 0 Å². The Balaban J connectivity index is 1.83. The molecule has 4 nitrogen and oxygen atoms in total. The molecule has 1 atom stereocenters. The van der Waals surface area contributed by atoms with Gasteiger partial charge in [-0.3, -0.25) is 4.79 Å². The molecule has 0 fully saturated rings. The summed E-state index contributed by atoms with van der Waals surface area (Å²) in [5.74, 6) is 0.591. The molecule has 0 aliphatic carbocycles. The lowest BCUT2D eigenvalue weighted by atomic mass is 9.93. The van der Waals surface area contributed by atoms with Crippen molar-refractivity contribution < 1.29 is 9.53 Å². The van der Waals surface area contributed by atoms with Crippen LogP contribution in [-0.2, 0) is 11.2 Å². The molecule has 0 bridgehead atoms. The van der Waals surface area contributed by atoms with Crippen molar-refractivity contribution in [3.63, 3.8) is 0 Å². The highest BCUT2D eigenvalue weighted by Crippen LogP contribution is 2.30. The molecule has 1 aromatic rings. The van der Waals surface area contributed by atoms with E-state index >= 15 is 0 Å². The molecule has 0 saturated carbocycles. The highest BCUT2D eigenvalue weighted by atomic mass is 35.5. The van der Waals surface area contributed by atoms with Gasteiger partial charge in [0.2, 0.25) is 5.91 Å². The molecular weight excluding hydrogens is 264 g/mol. The normalized spacial score (nSPS) is 17.9. The van der Waals surface area contributed by atoms with Gasteiger partial charge in [0.25, 0.3) is 0 Å². The second-order valence-corrected chi connectivity index (χ2v) is 6.01. The van der Waals surface area contributed by atoms with Crippen molar-refractivity contribution in [1.29, 1.82) is 0 Å². The van der Waals surface area contributed by atoms with Gasteiger partial charge in [0.15, 0.2) is 0 Å². The third-order valence-corrected chi connectivity index (χ3v) is 3.60. The lowest BCUT2D eigenvalue weighted by Crippen LogP contribution is -2.43. The molecule has 1 aliphatic rings. The van der Waals surface area contributed by atoms with Gasteiger partial charge in [-0.25, -0.2) is 0 Å². The first-order valence-electron chi connectivity index (χ1n) is 6.34. The number of primary amides is 1. The van der Waals surface area contributed by atoms with Crippen LogP contribution in [0.25, 0.3) is 0 Å². The molecule has 0 aromatic heterocycles. The summed E-state index contributed by atoms with van der Waals surface area (Å²) >= 11 is 5.95. The number of nitrogens with one attached hydrogen (secondary N) is 1. The van der Waals surface area contributed by atoms with Crippen LogP contribution in [0.4, 0.5) is 0 Å². The second kappa shape index (κ2) is 5.39. The van der Waals surface area contributed by atoms with Gasteiger partial charge in [0.1, 0.15) is 11.9 Å². The highest BCUT2D eigenvalue weighted by molar-refractivity contribution is 6.30. The van der Waals surface area contributed by atoms with E-state index in [9.17, 15) is 4.79 Å². The number of carbonyl (C=O) groups is 1. The van der Waals surface area contributed by atoms with Crippen molar-refractivity contribution in [2.45, 2.75) is 26.4 Å². The predicted octanol–water partition coefficient (Wildman–Crippen LogP) is 1.74. The second-order valence-electron chi connectivity index (χ2n) is 5.58. The Bertz CT molecular complexity index is 488. The van der Waals surface area contributed by atoms with Crippen molar-refractivity contribution >= 4 is 17.5 Å². The summed E-state index contributed by atoms with van der Waals surface area (Å²) in [4.78, 5) is 11.2. The molecule has 5 heteroatoms. The van der Waals surface area contributed by atoms with E-state index in [2.05, 4.69) is 5.32 Å². The number of nitrogens with two attached hydrogens (primary N) is 1. The number of hydrogen-bond acceptors (Lipinski definition) is 3. The fourth-order valence-corrected chi connectivity index (χ4v) is 2.23. The van der Waals surface area contributed by atoms with Crippen LogP contribution in [0, 0.1) is 5.41 Å². The van der Waals surface area contributed by atoms with Gasteiger partial charge in [-0.15, -0.1) is 0 Å². The first-order chi connectivity index (χ1) is 8.88. The van der Waals surface area contributed by atoms with Gasteiger partial charge < -0.3 is 15.8 Å². The summed E-state index contributed by atoms with van der Waals surface area (Å²) in [7, 11) is 0. The highest BCUT2D eigenvalue weighted by Gasteiger charge is 2.26. The molecule has 2 rings (SSSR count). The minimum Gasteiger partial charge on any atom is -0.488 e. The SMILES string of the molecule is CC(C)(CNCC1Cc2cc(Cl)ccc2O1)C(N)=O. The number of carbonyl (C=O) groups excluding carboxylic acids is 1. The van der Waals surface area contributed by atoms with E-state index in [1.165, 1.54) is 0 Å². The smallest absolute Gasteiger partial charge is 0.224 e. The first-order valence-corrected chi connectivity index (χ1v) is 6.72. The Kier molecular flexibility index (Phi) is 4.02. The topological polar surface area (TPSA) is 64.3 Å². The predicted molar refractivity (Wildman–Crippen MR) is 75.4 cm³/mol. The summed E-state index contributed by atoms with van der Waals surface area (Å²) in [6.45, 7) is 4.88. The molecule has 104 valence electrons. The van der Waals surface area contributed by atoms with E-state index in [4.69, 9.17) is 22.1 Å². The molecule has 3 N–H and O–H groups in total. The van der Waals surface area contributed by atoms with E-state index in [0.29, 0.717) is 13.1 Å². The molecule has 1 aliphatic heterocycles. The van der Waals surface area contributed by atoms with Gasteiger partial charge in [0.05, 0.1) is 5.41 Å². The quantitative estimate of drug-likeness (QED) is 0.865. The summed E-state index contributed by atoms with van der Waals surface area (Å²) in [5.41, 5.74) is 5.91. The molecule has 0 saturated heterocycles. The lowest BCUT2D eigenvalue weighted by molar-refractivity contribution is -0.125. The molecule has 0 spiro atoms. The van der Waals surface area contributed by atoms with Crippen LogP contribution in [-0.4, -0.2) is 25.1 Å². The molecule has 1 unspecified atom stereocenters. The molecule has 1 aromatic carbocycles. The van der Waals surface area contributed by atoms with Crippen molar-refractivity contribution in [2.24, 2.45) is 11.1 Å². The average Bonchev–Trinajstić information content (AvgIpc) is 2.70. The minimum atomic E-state index is -0.547. The standard InChI is InChI=1S/C14H19ClN2O2/c1-14(2,13(16)18)8-17-7-11-6-9-5-10(15)3-4-12(9)19-11/h3-5,11,17H,6-8H2,1-2H3,(H2,16,18). The maximum Gasteiger partial charge on any atom is 0.224 e. The Morgan fingerprint density at radius 1 is 1.58 bits per heavy atom. The lowest BCUT2D eigenvalue weighted by Gasteiger charge is -2.22. The zero-order valence-corrected chi connectivity index (χ0v) is 12.0. The zero-order chi connectivity index (χ0) is 14.0. The number of rotatable bonds is 5. The van der Waals surface area contributed by atoms with Crippen molar-refractivity contribution in [3.8, 4) is 5.75 Å². The van der Waals surface area contributed by atoms with Crippen molar-refractivity contribution in [2.75, 3.05) is 13.1 Å². The van der Waals surface area contributed by atoms with Crippen LogP contribution in [0.15, 0.2) is 18.2 Å². The van der Waals surface area contributed by atoms with Crippen molar-refractivity contribution in [3.05, 3.63) is 28.8 Å². The molecular formula is C14H19ClN2O2. The first kappa shape index (κ1) is 14.2. The van der Waals surface area contributed by atoms with E-state index in [-0.39, 0.29) is 12.0 Å². The summed E-state index contributed by atoms with van der Waals surface area (Å²) in [6, 6.07) is 5.65. The fourth-order valence-electron chi connectivity index (χ4n) is 2.04. The van der Waals surface area contributed by atoms with E-state index in [0.717, 1.165) is 22.8 Å². The van der Waals surface area contributed by atoms with E-state index < -0.39 is 5.41 Å². The van der Waals surface area contributed by atoms with Gasteiger partial charge in [-0.05, 0) is 37.6 Å². The van der Waals surface area contributed by atoms with Gasteiger partial charge in [-0.2, -0.15) is 0 Å². The number of halogens is 1. The largest absolute Gasteiger partial charge is 0.488 e. The minimum absolute atomic E-state index is 0.0807. The van der Waals surface area contributed by atoms with E-state index in [1.54, 1.807) is 0 Å². The molecule has 0 radical (unpaired) electrons. The van der Waals surface area contributed by atoms with Crippen LogP contribution in [0.1, 0.15) is 19.4 Å². The maximum atomic E-state index is 11.2. The van der Waals surface area contributed by atoms with Crippen LogP contribution in [0.2, 0.25) is 5.02 Å². The van der Waals surface area contributed by atoms with Crippen molar-refractivity contribution in [1.82, 2.24) is 5.32 Å². The Morgan fingerprint density at radius 3 is 3.00 bits per heavy atom. The summed E-state index contributed by atoms with van der Waals surface area (Å²) in [5, 5.41) is 3.97. The molecule has 1 heterocycles. The summed E-state index contributed by atoms with van der Waals surface area (Å²) in [6.07, 6.45) is 0.914. The number of ether oxygens (including phenoxy) is 1. The third-order valence-electron chi connectivity index (χ3n) is 3.37. The zero-order valence-electron chi connectivity index (χ0n) is 11.2. The van der Waals surface area contributed by atoms with E-state index in [1.807, 2.05) is 32.0 Å². The fraction of sp³-hybridized carbons (Fsp3) is 0.500. The number of amides is 1. The van der Waals surface area contributed by atoms with Crippen LogP contribution in [0.3, 0.4) is 0 Å². The van der Waals surface area contributed by atoms with Crippen LogP contribution >= 0.6 is 11.6 Å². The van der Waals surface area contributed by atoms with Gasteiger partial charge in [-0.1, -0.05) is 11.6 Å². The Hall–Kier alpha value is -1.26. The molecule has 19 heavy (non-hydrogen) atoms. The number of hydrogen-bond donors (Lipinski definition) is 2. The molecule has 1 amide bonds. The van der Waals surface area contributed by atoms with Crippen LogP contribution in [0.5, 0.6) is 5.75 Å². The maximum absolute atomic E-state index is 11.2. The Labute approximate surface area is 118 Å². The average molecular weight is 283 g/mol. The monoisotopic (exact) mass is 282 g/mol. The summed E-state index contributed by atoms with van der Waals surface area (Å²) < 4.78 is 5.80.